The molecule has 0 radical (unpaired) electrons. The zero-order valence-electron chi connectivity index (χ0n) is 11.1. The highest BCUT2D eigenvalue weighted by Gasteiger charge is 2.34. The smallest absolute Gasteiger partial charge is 0.324 e. The van der Waals surface area contributed by atoms with Gasteiger partial charge in [-0.15, -0.1) is 0 Å². The molecule has 1 fully saturated rings. The van der Waals surface area contributed by atoms with Crippen molar-refractivity contribution < 1.29 is 14.7 Å². The van der Waals surface area contributed by atoms with E-state index in [0.717, 1.165) is 0 Å². The van der Waals surface area contributed by atoms with Gasteiger partial charge in [0.2, 0.25) is 0 Å². The first-order valence-electron chi connectivity index (χ1n) is 6.26. The Labute approximate surface area is 116 Å². The van der Waals surface area contributed by atoms with Gasteiger partial charge in [-0.2, -0.15) is 5.26 Å². The number of hydrogen-bond acceptors (Lipinski definition) is 3. The molecule has 2 amide bonds. The van der Waals surface area contributed by atoms with Crippen molar-refractivity contribution in [2.75, 3.05) is 25.0 Å². The van der Waals surface area contributed by atoms with Crippen molar-refractivity contribution in [2.24, 2.45) is 5.92 Å². The van der Waals surface area contributed by atoms with Crippen LogP contribution in [0.2, 0.25) is 0 Å². The van der Waals surface area contributed by atoms with Gasteiger partial charge >= 0.3 is 12.0 Å². The van der Waals surface area contributed by atoms with Crippen LogP contribution >= 0.6 is 0 Å². The Morgan fingerprint density at radius 1 is 1.45 bits per heavy atom. The van der Waals surface area contributed by atoms with Crippen molar-refractivity contribution in [3.8, 4) is 6.07 Å². The number of benzene rings is 1. The Morgan fingerprint density at radius 2 is 2.10 bits per heavy atom. The summed E-state index contributed by atoms with van der Waals surface area (Å²) in [6, 6.07) is 8.72. The van der Waals surface area contributed by atoms with Crippen LogP contribution < -0.4 is 4.90 Å². The molecule has 0 bridgehead atoms. The first-order chi connectivity index (χ1) is 9.52. The van der Waals surface area contributed by atoms with E-state index in [1.165, 1.54) is 4.90 Å². The number of aliphatic carboxylic acids is 1. The molecule has 0 spiro atoms. The van der Waals surface area contributed by atoms with Crippen LogP contribution in [0.15, 0.2) is 24.3 Å². The molecule has 0 saturated carbocycles. The van der Waals surface area contributed by atoms with Crippen LogP contribution in [-0.2, 0) is 4.79 Å². The molecule has 0 aliphatic carbocycles. The molecule has 6 heteroatoms. The quantitative estimate of drug-likeness (QED) is 0.904. The highest BCUT2D eigenvalue weighted by Crippen LogP contribution is 2.24. The van der Waals surface area contributed by atoms with Gasteiger partial charge in [0.1, 0.15) is 6.07 Å². The fourth-order valence-corrected chi connectivity index (χ4v) is 2.28. The maximum absolute atomic E-state index is 12.2. The average Bonchev–Trinajstić information content (AvgIpc) is 2.40. The molecular weight excluding hydrogens is 258 g/mol. The summed E-state index contributed by atoms with van der Waals surface area (Å²) in [5.41, 5.74) is 0.993. The van der Waals surface area contributed by atoms with Gasteiger partial charge in [0.25, 0.3) is 0 Å². The van der Waals surface area contributed by atoms with Gasteiger partial charge in [-0.05, 0) is 12.1 Å². The van der Waals surface area contributed by atoms with Crippen LogP contribution in [0.4, 0.5) is 10.5 Å². The molecule has 0 aromatic heterocycles. The molecule has 20 heavy (non-hydrogen) atoms. The first kappa shape index (κ1) is 13.9. The average molecular weight is 273 g/mol. The molecule has 1 aliphatic rings. The van der Waals surface area contributed by atoms with Crippen molar-refractivity contribution >= 4 is 17.7 Å². The van der Waals surface area contributed by atoms with E-state index in [4.69, 9.17) is 10.4 Å². The van der Waals surface area contributed by atoms with Gasteiger partial charge in [-0.1, -0.05) is 12.1 Å². The van der Waals surface area contributed by atoms with E-state index in [0.29, 0.717) is 24.3 Å². The van der Waals surface area contributed by atoms with E-state index in [1.807, 2.05) is 0 Å². The maximum Gasteiger partial charge on any atom is 0.324 e. The normalized spacial score (nSPS) is 14.3. The summed E-state index contributed by atoms with van der Waals surface area (Å²) in [5.74, 6) is -0.818. The second kappa shape index (κ2) is 5.61. The number of rotatable bonds is 3. The highest BCUT2D eigenvalue weighted by atomic mass is 16.4. The van der Waals surface area contributed by atoms with E-state index in [-0.39, 0.29) is 18.4 Å². The Hall–Kier alpha value is -2.55. The number of urea groups is 1. The number of carboxylic acid groups (broad SMARTS) is 1. The van der Waals surface area contributed by atoms with E-state index in [2.05, 4.69) is 6.07 Å². The lowest BCUT2D eigenvalue weighted by Gasteiger charge is -2.40. The molecule has 1 aromatic carbocycles. The minimum absolute atomic E-state index is 0.0241. The second-order valence-corrected chi connectivity index (χ2v) is 4.84. The summed E-state index contributed by atoms with van der Waals surface area (Å²) < 4.78 is 0. The minimum atomic E-state index is -0.842. The second-order valence-electron chi connectivity index (χ2n) is 4.84. The third-order valence-corrected chi connectivity index (χ3v) is 3.36. The number of para-hydroxylation sites is 1. The largest absolute Gasteiger partial charge is 0.481 e. The monoisotopic (exact) mass is 273 g/mol. The molecule has 1 aliphatic heterocycles. The zero-order valence-corrected chi connectivity index (χ0v) is 11.1. The van der Waals surface area contributed by atoms with Crippen molar-refractivity contribution in [2.45, 2.75) is 6.42 Å². The summed E-state index contributed by atoms with van der Waals surface area (Å²) in [6.07, 6.45) is 0.0856. The number of anilines is 1. The van der Waals surface area contributed by atoms with Gasteiger partial charge in [-0.3, -0.25) is 9.69 Å². The molecular formula is C14H15N3O3. The van der Waals surface area contributed by atoms with Crippen LogP contribution in [0.3, 0.4) is 0 Å². The first-order valence-corrected chi connectivity index (χ1v) is 6.26. The zero-order chi connectivity index (χ0) is 14.7. The van der Waals surface area contributed by atoms with Crippen molar-refractivity contribution in [3.05, 3.63) is 29.8 Å². The molecule has 0 unspecified atom stereocenters. The van der Waals surface area contributed by atoms with Crippen LogP contribution in [-0.4, -0.2) is 42.1 Å². The summed E-state index contributed by atoms with van der Waals surface area (Å²) in [6.45, 7) is 0.897. The number of nitrogens with zero attached hydrogens (tertiary/aromatic N) is 3. The third-order valence-electron chi connectivity index (χ3n) is 3.36. The lowest BCUT2D eigenvalue weighted by molar-refractivity contribution is -0.139. The number of carbonyl (C=O) groups excluding carboxylic acids is 1. The van der Waals surface area contributed by atoms with Gasteiger partial charge in [0.15, 0.2) is 0 Å². The fraction of sp³-hybridized carbons (Fsp3) is 0.357. The molecule has 1 saturated heterocycles. The Kier molecular flexibility index (Phi) is 3.89. The lowest BCUT2D eigenvalue weighted by Crippen LogP contribution is -2.54. The lowest BCUT2D eigenvalue weighted by atomic mass is 9.97. The third kappa shape index (κ3) is 2.72. The molecule has 1 heterocycles. The topological polar surface area (TPSA) is 84.6 Å². The van der Waals surface area contributed by atoms with Crippen LogP contribution in [0.1, 0.15) is 12.0 Å². The Morgan fingerprint density at radius 3 is 2.70 bits per heavy atom. The maximum atomic E-state index is 12.2. The Bertz CT molecular complexity index is 573. The standard InChI is InChI=1S/C14H15N3O3/c1-16(12-5-3-2-4-11(12)7-15)14(20)17-8-10(9-17)6-13(18)19/h2-5,10H,6,8-9H2,1H3,(H,18,19). The predicted molar refractivity (Wildman–Crippen MR) is 72.3 cm³/mol. The number of carbonyl (C=O) groups is 2. The van der Waals surface area contributed by atoms with Crippen molar-refractivity contribution in [1.29, 1.82) is 5.26 Å². The highest BCUT2D eigenvalue weighted by molar-refractivity contribution is 5.93. The van der Waals surface area contributed by atoms with Gasteiger partial charge < -0.3 is 10.0 Å². The number of likely N-dealkylation sites (tertiary alicyclic amines) is 1. The molecule has 2 rings (SSSR count). The summed E-state index contributed by atoms with van der Waals surface area (Å²) >= 11 is 0. The predicted octanol–water partition coefficient (Wildman–Crippen LogP) is 1.52. The van der Waals surface area contributed by atoms with Crippen LogP contribution in [0.25, 0.3) is 0 Å². The van der Waals surface area contributed by atoms with Crippen LogP contribution in [0.5, 0.6) is 0 Å². The van der Waals surface area contributed by atoms with Crippen molar-refractivity contribution in [1.82, 2.24) is 4.90 Å². The SMILES string of the molecule is CN(C(=O)N1CC(CC(=O)O)C1)c1ccccc1C#N. The molecule has 6 nitrogen and oxygen atoms in total. The van der Waals surface area contributed by atoms with Crippen molar-refractivity contribution in [3.63, 3.8) is 0 Å². The summed E-state index contributed by atoms with van der Waals surface area (Å²) in [4.78, 5) is 25.8. The van der Waals surface area contributed by atoms with Gasteiger partial charge in [0, 0.05) is 26.1 Å². The summed E-state index contributed by atoms with van der Waals surface area (Å²) in [7, 11) is 1.61. The molecule has 0 atom stereocenters. The van der Waals surface area contributed by atoms with E-state index in [1.54, 1.807) is 36.2 Å². The molecule has 1 aromatic rings. The van der Waals surface area contributed by atoms with Gasteiger partial charge in [-0.25, -0.2) is 4.79 Å². The summed E-state index contributed by atoms with van der Waals surface area (Å²) in [5, 5.41) is 17.7. The van der Waals surface area contributed by atoms with Gasteiger partial charge in [0.05, 0.1) is 17.7 Å². The van der Waals surface area contributed by atoms with E-state index >= 15 is 0 Å². The molecule has 104 valence electrons. The van der Waals surface area contributed by atoms with Crippen LogP contribution in [0, 0.1) is 17.2 Å². The fourth-order valence-electron chi connectivity index (χ4n) is 2.28. The van der Waals surface area contributed by atoms with E-state index in [9.17, 15) is 9.59 Å². The number of carboxylic acids is 1. The van der Waals surface area contributed by atoms with E-state index < -0.39 is 5.97 Å². The number of amides is 2. The Balaban J connectivity index is 2.01. The minimum Gasteiger partial charge on any atom is -0.481 e. The number of hydrogen-bond donors (Lipinski definition) is 1. The number of nitriles is 1. The molecule has 1 N–H and O–H groups in total.